The van der Waals surface area contributed by atoms with E-state index in [1.807, 2.05) is 48.5 Å². The molecule has 4 rings (SSSR count). The van der Waals surface area contributed by atoms with Crippen LogP contribution in [0.15, 0.2) is 53.5 Å². The molecule has 2 aliphatic heterocycles. The van der Waals surface area contributed by atoms with Gasteiger partial charge in [0.2, 0.25) is 0 Å². The first-order chi connectivity index (χ1) is 13.0. The van der Waals surface area contributed by atoms with Crippen molar-refractivity contribution in [2.45, 2.75) is 0 Å². The fourth-order valence-electron chi connectivity index (χ4n) is 3.27. The Morgan fingerprint density at radius 1 is 0.926 bits per heavy atom. The van der Waals surface area contributed by atoms with Crippen LogP contribution in [0.2, 0.25) is 0 Å². The Bertz CT molecular complexity index is 980. The maximum Gasteiger partial charge on any atom is 0.281 e. The highest BCUT2D eigenvalue weighted by molar-refractivity contribution is 7.86. The Hall–Kier alpha value is -2.42. The summed E-state index contributed by atoms with van der Waals surface area (Å²) in [4.78, 5) is 7.00. The summed E-state index contributed by atoms with van der Waals surface area (Å²) in [6.07, 6.45) is 0. The number of nitrogens with zero attached hydrogens (tertiary/aromatic N) is 4. The van der Waals surface area contributed by atoms with E-state index in [2.05, 4.69) is 4.90 Å². The van der Waals surface area contributed by atoms with Crippen LogP contribution in [0.3, 0.4) is 0 Å². The van der Waals surface area contributed by atoms with Gasteiger partial charge in [0.05, 0.1) is 5.56 Å². The molecule has 0 atom stereocenters. The molecule has 2 heterocycles. The van der Waals surface area contributed by atoms with Crippen molar-refractivity contribution in [3.05, 3.63) is 54.1 Å². The van der Waals surface area contributed by atoms with E-state index in [1.165, 1.54) is 8.61 Å². The molecule has 0 spiro atoms. The number of hydrogen-bond donors (Lipinski definition) is 0. The Morgan fingerprint density at radius 3 is 2.26 bits per heavy atom. The molecule has 0 aromatic heterocycles. The summed E-state index contributed by atoms with van der Waals surface area (Å²) in [7, 11) is -0.281. The molecule has 142 valence electrons. The first kappa shape index (κ1) is 18.0. The molecule has 8 heteroatoms. The minimum atomic E-state index is -3.40. The Morgan fingerprint density at radius 2 is 1.56 bits per heavy atom. The zero-order valence-corrected chi connectivity index (χ0v) is 16.2. The molecule has 2 aliphatic rings. The average Bonchev–Trinajstić information content (AvgIpc) is 2.84. The van der Waals surface area contributed by atoms with Gasteiger partial charge < -0.3 is 9.64 Å². The monoisotopic (exact) mass is 386 g/mol. The summed E-state index contributed by atoms with van der Waals surface area (Å²) in [5, 5.41) is 0. The van der Waals surface area contributed by atoms with Gasteiger partial charge in [0.15, 0.2) is 5.75 Å². The van der Waals surface area contributed by atoms with Gasteiger partial charge in [-0.3, -0.25) is 0 Å². The van der Waals surface area contributed by atoms with Crippen LogP contribution in [0, 0.1) is 0 Å². The zero-order valence-electron chi connectivity index (χ0n) is 15.4. The lowest BCUT2D eigenvalue weighted by molar-refractivity contribution is 0.256. The van der Waals surface area contributed by atoms with Gasteiger partial charge in [0.1, 0.15) is 17.3 Å². The molecule has 0 aliphatic carbocycles. The number of benzene rings is 2. The largest absolute Gasteiger partial charge is 0.454 e. The molecule has 27 heavy (non-hydrogen) atoms. The molecule has 0 unspecified atom stereocenters. The van der Waals surface area contributed by atoms with Gasteiger partial charge in [0, 0.05) is 40.3 Å². The summed E-state index contributed by atoms with van der Waals surface area (Å²) in [6.45, 7) is 1.99. The van der Waals surface area contributed by atoms with Crippen molar-refractivity contribution in [1.29, 1.82) is 0 Å². The van der Waals surface area contributed by atoms with E-state index in [4.69, 9.17) is 9.73 Å². The van der Waals surface area contributed by atoms with Crippen LogP contribution >= 0.6 is 0 Å². The third-order valence-electron chi connectivity index (χ3n) is 4.77. The smallest absolute Gasteiger partial charge is 0.281 e. The van der Waals surface area contributed by atoms with Crippen LogP contribution in [0.4, 0.5) is 5.69 Å². The first-order valence-corrected chi connectivity index (χ1v) is 10.2. The van der Waals surface area contributed by atoms with Crippen LogP contribution in [0.25, 0.3) is 0 Å². The van der Waals surface area contributed by atoms with Crippen LogP contribution in [-0.4, -0.2) is 68.0 Å². The molecule has 0 N–H and O–H groups in total. The van der Waals surface area contributed by atoms with Gasteiger partial charge in [0.25, 0.3) is 10.2 Å². The Balaban J connectivity index is 1.66. The highest BCUT2D eigenvalue weighted by Crippen LogP contribution is 2.37. The fraction of sp³-hybridized carbons (Fsp3) is 0.316. The van der Waals surface area contributed by atoms with Crippen molar-refractivity contribution >= 4 is 21.7 Å². The minimum Gasteiger partial charge on any atom is -0.454 e. The predicted molar refractivity (Wildman–Crippen MR) is 105 cm³/mol. The average molecular weight is 386 g/mol. The SMILES string of the molecule is CN(C)S(=O)(=O)N1CCN(C2=Nc3ccccc3Oc3ccccc32)CC1. The van der Waals surface area contributed by atoms with Gasteiger partial charge in [-0.05, 0) is 24.3 Å². The van der Waals surface area contributed by atoms with E-state index in [1.54, 1.807) is 14.1 Å². The molecule has 0 saturated carbocycles. The third kappa shape index (κ3) is 3.31. The maximum absolute atomic E-state index is 12.4. The zero-order chi connectivity index (χ0) is 19.0. The van der Waals surface area contributed by atoms with E-state index < -0.39 is 10.2 Å². The molecule has 0 bridgehead atoms. The van der Waals surface area contributed by atoms with E-state index in [9.17, 15) is 8.42 Å². The van der Waals surface area contributed by atoms with Crippen LogP contribution in [0.5, 0.6) is 11.5 Å². The van der Waals surface area contributed by atoms with E-state index in [0.717, 1.165) is 22.8 Å². The van der Waals surface area contributed by atoms with Crippen molar-refractivity contribution in [2.24, 2.45) is 4.99 Å². The summed E-state index contributed by atoms with van der Waals surface area (Å²) in [5.74, 6) is 2.29. The van der Waals surface area contributed by atoms with Crippen molar-refractivity contribution in [1.82, 2.24) is 13.5 Å². The van der Waals surface area contributed by atoms with E-state index >= 15 is 0 Å². The minimum absolute atomic E-state index is 0.421. The number of fused-ring (bicyclic) bond motifs is 2. The molecular formula is C19H22N4O3S. The Labute approximate surface area is 159 Å². The molecule has 7 nitrogen and oxygen atoms in total. The van der Waals surface area contributed by atoms with Crippen molar-refractivity contribution in [3.8, 4) is 11.5 Å². The normalized spacial score (nSPS) is 17.6. The molecule has 0 radical (unpaired) electrons. The number of aliphatic imine (C=N–C) groups is 1. The summed E-state index contributed by atoms with van der Waals surface area (Å²) >= 11 is 0. The third-order valence-corrected chi connectivity index (χ3v) is 6.71. The van der Waals surface area contributed by atoms with Gasteiger partial charge in [-0.2, -0.15) is 17.0 Å². The lowest BCUT2D eigenvalue weighted by Crippen LogP contribution is -2.53. The van der Waals surface area contributed by atoms with Crippen LogP contribution in [-0.2, 0) is 10.2 Å². The second kappa shape index (κ2) is 6.95. The van der Waals surface area contributed by atoms with E-state index in [0.29, 0.717) is 31.9 Å². The number of hydrogen-bond acceptors (Lipinski definition) is 5. The molecular weight excluding hydrogens is 364 g/mol. The standard InChI is InChI=1S/C19H22N4O3S/c1-21(2)27(24,25)23-13-11-22(12-14-23)19-15-7-3-5-9-17(15)26-18-10-6-4-8-16(18)20-19/h3-10H,11-14H2,1-2H3. The topological polar surface area (TPSA) is 65.5 Å². The van der Waals surface area contributed by atoms with Crippen molar-refractivity contribution in [3.63, 3.8) is 0 Å². The van der Waals surface area contributed by atoms with Crippen LogP contribution < -0.4 is 4.74 Å². The predicted octanol–water partition coefficient (Wildman–Crippen LogP) is 2.29. The van der Waals surface area contributed by atoms with Gasteiger partial charge in [-0.15, -0.1) is 0 Å². The van der Waals surface area contributed by atoms with Crippen molar-refractivity contribution in [2.75, 3.05) is 40.3 Å². The molecule has 1 fully saturated rings. The first-order valence-electron chi connectivity index (χ1n) is 8.84. The quantitative estimate of drug-likeness (QED) is 0.794. The van der Waals surface area contributed by atoms with Gasteiger partial charge >= 0.3 is 0 Å². The van der Waals surface area contributed by atoms with Crippen molar-refractivity contribution < 1.29 is 13.2 Å². The maximum atomic E-state index is 12.4. The number of piperazine rings is 1. The summed E-state index contributed by atoms with van der Waals surface area (Å²) in [5.41, 5.74) is 1.68. The Kier molecular flexibility index (Phi) is 4.63. The number of amidine groups is 1. The lowest BCUT2D eigenvalue weighted by atomic mass is 10.1. The lowest BCUT2D eigenvalue weighted by Gasteiger charge is -2.36. The summed E-state index contributed by atoms with van der Waals surface area (Å²) in [6, 6.07) is 15.5. The number of para-hydroxylation sites is 3. The van der Waals surface area contributed by atoms with Crippen LogP contribution in [0.1, 0.15) is 5.56 Å². The molecule has 2 aromatic carbocycles. The molecule has 2 aromatic rings. The highest BCUT2D eigenvalue weighted by atomic mass is 32.2. The molecule has 0 amide bonds. The van der Waals surface area contributed by atoms with Gasteiger partial charge in [-0.1, -0.05) is 24.3 Å². The van der Waals surface area contributed by atoms with Gasteiger partial charge in [-0.25, -0.2) is 4.99 Å². The molecule has 1 saturated heterocycles. The second-order valence-electron chi connectivity index (χ2n) is 6.68. The van der Waals surface area contributed by atoms with E-state index in [-0.39, 0.29) is 0 Å². The number of ether oxygens (including phenoxy) is 1. The summed E-state index contributed by atoms with van der Waals surface area (Å²) < 4.78 is 33.6. The number of rotatable bonds is 2. The second-order valence-corrected chi connectivity index (χ2v) is 8.82. The fourth-order valence-corrected chi connectivity index (χ4v) is 4.36. The highest BCUT2D eigenvalue weighted by Gasteiger charge is 2.31.